The quantitative estimate of drug-likeness (QED) is 0.294. The van der Waals surface area contributed by atoms with E-state index in [1.165, 1.54) is 21.7 Å². The highest BCUT2D eigenvalue weighted by molar-refractivity contribution is 7.17. The van der Waals surface area contributed by atoms with E-state index in [2.05, 4.69) is 34.5 Å². The first-order valence-corrected chi connectivity index (χ1v) is 10.1. The van der Waals surface area contributed by atoms with E-state index >= 15 is 0 Å². The van der Waals surface area contributed by atoms with Gasteiger partial charge in [-0.3, -0.25) is 14.9 Å². The fourth-order valence-electron chi connectivity index (χ4n) is 3.07. The Morgan fingerprint density at radius 1 is 1.07 bits per heavy atom. The zero-order valence-electron chi connectivity index (χ0n) is 15.5. The van der Waals surface area contributed by atoms with Crippen LogP contribution in [0.5, 0.6) is 0 Å². The predicted molar refractivity (Wildman–Crippen MR) is 113 cm³/mol. The van der Waals surface area contributed by atoms with Gasteiger partial charge in [-0.2, -0.15) is 0 Å². The molecule has 0 atom stereocenters. The molecule has 2 aromatic carbocycles. The van der Waals surface area contributed by atoms with Crippen LogP contribution in [0.4, 0.5) is 0 Å². The molecule has 1 aromatic heterocycles. The van der Waals surface area contributed by atoms with Gasteiger partial charge in [-0.05, 0) is 52.1 Å². The molecule has 1 amide bonds. The van der Waals surface area contributed by atoms with Crippen LogP contribution >= 0.6 is 11.3 Å². The van der Waals surface area contributed by atoms with Gasteiger partial charge in [0.1, 0.15) is 0 Å². The van der Waals surface area contributed by atoms with Crippen LogP contribution in [0.3, 0.4) is 0 Å². The van der Waals surface area contributed by atoms with E-state index < -0.39 is 5.91 Å². The third-order valence-electron chi connectivity index (χ3n) is 4.57. The number of aliphatic hydroxyl groups is 1. The number of aliphatic hydroxyl groups excluding tert-OH is 1. The average Bonchev–Trinajstić information content (AvgIpc) is 3.19. The number of carbonyl (C=O) groups is 1. The van der Waals surface area contributed by atoms with E-state index in [1.807, 2.05) is 24.3 Å². The molecule has 1 heterocycles. The molecule has 5 nitrogen and oxygen atoms in total. The lowest BCUT2D eigenvalue weighted by Crippen LogP contribution is -2.28. The fourth-order valence-corrected chi connectivity index (χ4v) is 3.84. The minimum Gasteiger partial charge on any atom is -0.395 e. The molecule has 3 rings (SSSR count). The second-order valence-electron chi connectivity index (χ2n) is 6.59. The number of carbonyl (C=O) groups excluding carboxylic acids is 1. The molecule has 28 heavy (non-hydrogen) atoms. The molecular weight excluding hydrogens is 372 g/mol. The van der Waals surface area contributed by atoms with E-state index in [0.29, 0.717) is 6.54 Å². The Morgan fingerprint density at radius 3 is 2.61 bits per heavy atom. The monoisotopic (exact) mass is 396 g/mol. The molecule has 0 aliphatic carbocycles. The van der Waals surface area contributed by atoms with Gasteiger partial charge in [0.2, 0.25) is 0 Å². The number of rotatable bonds is 9. The van der Waals surface area contributed by atoms with Crippen molar-refractivity contribution in [1.82, 2.24) is 10.4 Å². The van der Waals surface area contributed by atoms with Gasteiger partial charge in [0, 0.05) is 30.4 Å². The number of amides is 1. The maximum Gasteiger partial charge on any atom is 0.267 e. The summed E-state index contributed by atoms with van der Waals surface area (Å²) in [7, 11) is 0. The van der Waals surface area contributed by atoms with Gasteiger partial charge in [-0.1, -0.05) is 36.4 Å². The summed E-state index contributed by atoms with van der Waals surface area (Å²) in [5.74, 6) is -0.557. The van der Waals surface area contributed by atoms with Crippen molar-refractivity contribution in [2.75, 3.05) is 19.7 Å². The Balaban J connectivity index is 1.59. The molecule has 0 bridgehead atoms. The van der Waals surface area contributed by atoms with Crippen LogP contribution in [0.1, 0.15) is 16.7 Å². The summed E-state index contributed by atoms with van der Waals surface area (Å²) in [4.78, 5) is 13.3. The lowest BCUT2D eigenvalue weighted by molar-refractivity contribution is -0.124. The summed E-state index contributed by atoms with van der Waals surface area (Å²) in [6.07, 6.45) is 3.85. The van der Waals surface area contributed by atoms with E-state index in [1.54, 1.807) is 22.9 Å². The van der Waals surface area contributed by atoms with Crippen LogP contribution in [0.2, 0.25) is 0 Å². The molecule has 0 saturated carbocycles. The lowest BCUT2D eigenvalue weighted by atomic mass is 10.1. The van der Waals surface area contributed by atoms with E-state index in [-0.39, 0.29) is 6.61 Å². The molecule has 6 heteroatoms. The lowest BCUT2D eigenvalue weighted by Gasteiger charge is -2.21. The molecular formula is C22H24N2O3S. The molecule has 0 aliphatic rings. The molecule has 0 unspecified atom stereocenters. The van der Waals surface area contributed by atoms with E-state index in [4.69, 9.17) is 5.21 Å². The molecule has 0 radical (unpaired) electrons. The van der Waals surface area contributed by atoms with Crippen molar-refractivity contribution in [2.24, 2.45) is 0 Å². The van der Waals surface area contributed by atoms with Gasteiger partial charge in [-0.25, -0.2) is 5.48 Å². The summed E-state index contributed by atoms with van der Waals surface area (Å²) >= 11 is 1.75. The normalized spacial score (nSPS) is 11.5. The number of fused-ring (bicyclic) bond motifs is 1. The Hall–Kier alpha value is -2.51. The predicted octanol–water partition coefficient (Wildman–Crippen LogP) is 3.46. The van der Waals surface area contributed by atoms with Crippen molar-refractivity contribution < 1.29 is 15.1 Å². The Morgan fingerprint density at radius 2 is 1.86 bits per heavy atom. The van der Waals surface area contributed by atoms with Gasteiger partial charge < -0.3 is 5.11 Å². The van der Waals surface area contributed by atoms with Crippen molar-refractivity contribution >= 4 is 33.4 Å². The Bertz CT molecular complexity index is 934. The average molecular weight is 397 g/mol. The highest BCUT2D eigenvalue weighted by Crippen LogP contribution is 2.22. The van der Waals surface area contributed by atoms with Crippen molar-refractivity contribution in [1.29, 1.82) is 0 Å². The summed E-state index contributed by atoms with van der Waals surface area (Å²) < 4.78 is 1.31. The third kappa shape index (κ3) is 5.74. The molecule has 0 saturated heterocycles. The first kappa shape index (κ1) is 20.2. The summed E-state index contributed by atoms with van der Waals surface area (Å²) in [5.41, 5.74) is 4.89. The highest BCUT2D eigenvalue weighted by atomic mass is 32.1. The van der Waals surface area contributed by atoms with Crippen molar-refractivity contribution in [3.63, 3.8) is 0 Å². The van der Waals surface area contributed by atoms with E-state index in [9.17, 15) is 9.90 Å². The summed E-state index contributed by atoms with van der Waals surface area (Å²) in [5, 5.41) is 21.3. The SMILES string of the molecule is O=C(/C=C/c1ccc(CN(CCO)CCc2ccc3sccc3c2)cc1)NO. The van der Waals surface area contributed by atoms with Crippen LogP contribution in [0, 0.1) is 0 Å². The first-order valence-electron chi connectivity index (χ1n) is 9.18. The van der Waals surface area contributed by atoms with Gasteiger partial charge in [0.05, 0.1) is 6.61 Å². The number of hydrogen-bond acceptors (Lipinski definition) is 5. The highest BCUT2D eigenvalue weighted by Gasteiger charge is 2.07. The van der Waals surface area contributed by atoms with Crippen LogP contribution in [-0.4, -0.2) is 40.8 Å². The zero-order valence-corrected chi connectivity index (χ0v) is 16.4. The van der Waals surface area contributed by atoms with Gasteiger partial charge >= 0.3 is 0 Å². The van der Waals surface area contributed by atoms with Crippen LogP contribution < -0.4 is 5.48 Å². The summed E-state index contributed by atoms with van der Waals surface area (Å²) in [6.45, 7) is 2.37. The largest absolute Gasteiger partial charge is 0.395 e. The fraction of sp³-hybridized carbons (Fsp3) is 0.227. The minimum absolute atomic E-state index is 0.126. The molecule has 3 aromatic rings. The molecule has 3 N–H and O–H groups in total. The van der Waals surface area contributed by atoms with Gasteiger partial charge in [0.15, 0.2) is 0 Å². The molecule has 0 aliphatic heterocycles. The van der Waals surface area contributed by atoms with Crippen LogP contribution in [0.15, 0.2) is 60.0 Å². The van der Waals surface area contributed by atoms with Crippen molar-refractivity contribution in [3.8, 4) is 0 Å². The van der Waals surface area contributed by atoms with Gasteiger partial charge in [0.25, 0.3) is 5.91 Å². The number of hydroxylamine groups is 1. The topological polar surface area (TPSA) is 72.8 Å². The molecule has 146 valence electrons. The number of thiophene rings is 1. The summed E-state index contributed by atoms with van der Waals surface area (Å²) in [6, 6.07) is 16.6. The number of nitrogens with zero attached hydrogens (tertiary/aromatic N) is 1. The minimum atomic E-state index is -0.557. The molecule has 0 spiro atoms. The second kappa shape index (κ2) is 10.1. The van der Waals surface area contributed by atoms with Crippen molar-refractivity contribution in [3.05, 3.63) is 76.7 Å². The standard InChI is InChI=1S/C22H24N2O3S/c25-13-12-24(11-9-18-5-7-21-20(15-18)10-14-28-21)16-19-3-1-17(2-4-19)6-8-22(26)23-27/h1-8,10,14-15,25,27H,9,11-13,16H2,(H,23,26)/b8-6+. The zero-order chi connectivity index (χ0) is 19.8. The van der Waals surface area contributed by atoms with Gasteiger partial charge in [-0.15, -0.1) is 11.3 Å². The van der Waals surface area contributed by atoms with E-state index in [0.717, 1.165) is 30.6 Å². The van der Waals surface area contributed by atoms with Crippen LogP contribution in [-0.2, 0) is 17.8 Å². The Kier molecular flexibility index (Phi) is 7.33. The first-order chi connectivity index (χ1) is 13.7. The Labute approximate surface area is 168 Å². The molecule has 0 fully saturated rings. The van der Waals surface area contributed by atoms with Crippen molar-refractivity contribution in [2.45, 2.75) is 13.0 Å². The number of nitrogens with one attached hydrogen (secondary N) is 1. The maximum atomic E-state index is 11.0. The third-order valence-corrected chi connectivity index (χ3v) is 5.47. The number of hydrogen-bond donors (Lipinski definition) is 3. The smallest absolute Gasteiger partial charge is 0.267 e. The maximum absolute atomic E-state index is 11.0. The second-order valence-corrected chi connectivity index (χ2v) is 7.54. The number of benzene rings is 2. The van der Waals surface area contributed by atoms with Crippen LogP contribution in [0.25, 0.3) is 16.2 Å².